The van der Waals surface area contributed by atoms with Crippen molar-refractivity contribution in [3.05, 3.63) is 0 Å². The largest absolute Gasteiger partial charge is 0.465 e. The standard InChI is InChI=1S/C32H62O6P/c1-7-13-19-29(33)36-26-32(12-6,27-37-30(34)20-14-8-2)28-38-31(35)21-18-25-39(22-15-9-3,23-16-10-4)24-17-11-5/h7-28H2,1-6H3/q+1. The van der Waals surface area contributed by atoms with Crippen LogP contribution in [0.25, 0.3) is 0 Å². The van der Waals surface area contributed by atoms with Crippen LogP contribution in [0.5, 0.6) is 0 Å². The summed E-state index contributed by atoms with van der Waals surface area (Å²) in [5.41, 5.74) is -0.723. The zero-order valence-electron chi connectivity index (χ0n) is 26.5. The Labute approximate surface area is 241 Å². The average molecular weight is 574 g/mol. The Morgan fingerprint density at radius 3 is 1.10 bits per heavy atom. The van der Waals surface area contributed by atoms with Gasteiger partial charge in [0.05, 0.1) is 30.1 Å². The lowest BCUT2D eigenvalue weighted by Gasteiger charge is -2.31. The van der Waals surface area contributed by atoms with Gasteiger partial charge in [0, 0.05) is 26.5 Å². The third kappa shape index (κ3) is 18.0. The molecule has 0 radical (unpaired) electrons. The Hall–Kier alpha value is -1.16. The van der Waals surface area contributed by atoms with E-state index in [0.29, 0.717) is 25.7 Å². The molecule has 0 unspecified atom stereocenters. The van der Waals surface area contributed by atoms with E-state index in [4.69, 9.17) is 14.2 Å². The van der Waals surface area contributed by atoms with E-state index < -0.39 is 12.7 Å². The number of unbranched alkanes of at least 4 members (excludes halogenated alkanes) is 5. The summed E-state index contributed by atoms with van der Waals surface area (Å²) in [6.45, 7) is 13.1. The average Bonchev–Trinajstić information content (AvgIpc) is 2.95. The summed E-state index contributed by atoms with van der Waals surface area (Å²) >= 11 is 0. The van der Waals surface area contributed by atoms with Crippen LogP contribution in [0, 0.1) is 5.41 Å². The second-order valence-electron chi connectivity index (χ2n) is 11.4. The van der Waals surface area contributed by atoms with Crippen LogP contribution in [-0.4, -0.2) is 62.4 Å². The summed E-state index contributed by atoms with van der Waals surface area (Å²) in [6.07, 6.45) is 18.8. The molecule has 0 saturated heterocycles. The fraction of sp³-hybridized carbons (Fsp3) is 0.906. The van der Waals surface area contributed by atoms with E-state index in [0.717, 1.165) is 32.1 Å². The Morgan fingerprint density at radius 2 is 0.795 bits per heavy atom. The Bertz CT molecular complexity index is 605. The highest BCUT2D eigenvalue weighted by molar-refractivity contribution is 7.75. The minimum absolute atomic E-state index is 0.0834. The van der Waals surface area contributed by atoms with E-state index in [1.165, 1.54) is 63.2 Å². The molecule has 0 bridgehead atoms. The van der Waals surface area contributed by atoms with Crippen LogP contribution in [0.3, 0.4) is 0 Å². The number of ether oxygens (including phenoxy) is 3. The van der Waals surface area contributed by atoms with Gasteiger partial charge in [-0.15, -0.1) is 0 Å². The molecule has 0 aromatic heterocycles. The first kappa shape index (κ1) is 37.8. The molecule has 0 N–H and O–H groups in total. The third-order valence-electron chi connectivity index (χ3n) is 7.81. The normalized spacial score (nSPS) is 11.8. The summed E-state index contributed by atoms with van der Waals surface area (Å²) < 4.78 is 16.9. The lowest BCUT2D eigenvalue weighted by atomic mass is 9.88. The second kappa shape index (κ2) is 23.5. The van der Waals surface area contributed by atoms with Crippen molar-refractivity contribution in [2.45, 2.75) is 138 Å². The molecule has 0 spiro atoms. The van der Waals surface area contributed by atoms with Gasteiger partial charge in [-0.05, 0) is 44.9 Å². The summed E-state index contributed by atoms with van der Waals surface area (Å²) in [5, 5.41) is 0. The van der Waals surface area contributed by atoms with Crippen molar-refractivity contribution < 1.29 is 28.6 Å². The van der Waals surface area contributed by atoms with Gasteiger partial charge >= 0.3 is 17.9 Å². The molecule has 0 rings (SSSR count). The smallest absolute Gasteiger partial charge is 0.305 e. The highest BCUT2D eigenvalue weighted by Crippen LogP contribution is 2.61. The molecule has 0 aliphatic carbocycles. The molecule has 0 aliphatic rings. The first-order valence-electron chi connectivity index (χ1n) is 16.1. The van der Waals surface area contributed by atoms with E-state index in [9.17, 15) is 14.4 Å². The van der Waals surface area contributed by atoms with Gasteiger partial charge in [-0.2, -0.15) is 0 Å². The molecular formula is C32H62O6P+. The van der Waals surface area contributed by atoms with Gasteiger partial charge < -0.3 is 14.2 Å². The van der Waals surface area contributed by atoms with Crippen molar-refractivity contribution in [2.24, 2.45) is 5.41 Å². The van der Waals surface area contributed by atoms with Gasteiger partial charge in [-0.3, -0.25) is 14.4 Å². The lowest BCUT2D eigenvalue weighted by molar-refractivity contribution is -0.162. The minimum atomic E-state index is -1.04. The van der Waals surface area contributed by atoms with Gasteiger partial charge in [-0.1, -0.05) is 73.6 Å². The van der Waals surface area contributed by atoms with E-state index in [1.54, 1.807) is 0 Å². The fourth-order valence-electron chi connectivity index (χ4n) is 4.70. The van der Waals surface area contributed by atoms with Crippen LogP contribution in [0.2, 0.25) is 0 Å². The summed E-state index contributed by atoms with van der Waals surface area (Å²) in [5.74, 6) is -0.725. The predicted octanol–water partition coefficient (Wildman–Crippen LogP) is 8.59. The minimum Gasteiger partial charge on any atom is -0.465 e. The Balaban J connectivity index is 5.18. The number of esters is 3. The molecule has 0 heterocycles. The highest BCUT2D eigenvalue weighted by atomic mass is 31.2. The molecule has 0 saturated carbocycles. The van der Waals surface area contributed by atoms with Crippen molar-refractivity contribution in [1.29, 1.82) is 0 Å². The number of carbonyl (C=O) groups excluding carboxylic acids is 3. The maximum absolute atomic E-state index is 12.9. The second-order valence-corrected chi connectivity index (χ2v) is 15.9. The van der Waals surface area contributed by atoms with Gasteiger partial charge in [-0.25, -0.2) is 0 Å². The molecule has 0 aliphatic heterocycles. The van der Waals surface area contributed by atoms with E-state index in [1.807, 2.05) is 20.8 Å². The van der Waals surface area contributed by atoms with Gasteiger partial charge in [0.25, 0.3) is 0 Å². The molecule has 7 heteroatoms. The maximum atomic E-state index is 12.9. The van der Waals surface area contributed by atoms with E-state index in [-0.39, 0.29) is 37.7 Å². The molecular weight excluding hydrogens is 511 g/mol. The lowest BCUT2D eigenvalue weighted by Crippen LogP contribution is -2.39. The summed E-state index contributed by atoms with van der Waals surface area (Å²) in [6, 6.07) is 0. The zero-order valence-corrected chi connectivity index (χ0v) is 27.3. The molecule has 0 atom stereocenters. The molecule has 6 nitrogen and oxygen atoms in total. The fourth-order valence-corrected chi connectivity index (χ4v) is 9.83. The van der Waals surface area contributed by atoms with Crippen LogP contribution >= 0.6 is 7.26 Å². The van der Waals surface area contributed by atoms with E-state index in [2.05, 4.69) is 20.8 Å². The third-order valence-corrected chi connectivity index (χ3v) is 12.9. The number of hydrogen-bond donors (Lipinski definition) is 0. The van der Waals surface area contributed by atoms with Crippen molar-refractivity contribution >= 4 is 25.2 Å². The van der Waals surface area contributed by atoms with Crippen LogP contribution in [0.1, 0.15) is 138 Å². The monoisotopic (exact) mass is 573 g/mol. The maximum Gasteiger partial charge on any atom is 0.305 e. The highest BCUT2D eigenvalue weighted by Gasteiger charge is 2.36. The van der Waals surface area contributed by atoms with Gasteiger partial charge in [0.15, 0.2) is 0 Å². The number of rotatable bonds is 26. The van der Waals surface area contributed by atoms with E-state index >= 15 is 0 Å². The van der Waals surface area contributed by atoms with Gasteiger partial charge in [0.2, 0.25) is 0 Å². The topological polar surface area (TPSA) is 78.9 Å². The van der Waals surface area contributed by atoms with Crippen LogP contribution in [0.4, 0.5) is 0 Å². The molecule has 0 amide bonds. The molecule has 39 heavy (non-hydrogen) atoms. The summed E-state index contributed by atoms with van der Waals surface area (Å²) in [7, 11) is -1.04. The first-order chi connectivity index (χ1) is 18.8. The summed E-state index contributed by atoms with van der Waals surface area (Å²) in [4.78, 5) is 37.3. The van der Waals surface area contributed by atoms with Crippen LogP contribution in [-0.2, 0) is 28.6 Å². The SMILES string of the molecule is CCCCC(=O)OCC(CC)(COC(=O)CCCC)COC(=O)CCC[P+](CCCC)(CCCC)CCCC. The Morgan fingerprint density at radius 1 is 0.487 bits per heavy atom. The van der Waals surface area contributed by atoms with Gasteiger partial charge in [0.1, 0.15) is 19.8 Å². The predicted molar refractivity (Wildman–Crippen MR) is 165 cm³/mol. The first-order valence-corrected chi connectivity index (χ1v) is 18.6. The molecule has 0 fully saturated rings. The van der Waals surface area contributed by atoms with Crippen LogP contribution in [0.15, 0.2) is 0 Å². The number of hydrogen-bond acceptors (Lipinski definition) is 6. The zero-order chi connectivity index (χ0) is 29.4. The van der Waals surface area contributed by atoms with Crippen molar-refractivity contribution in [2.75, 3.05) is 44.5 Å². The van der Waals surface area contributed by atoms with Crippen molar-refractivity contribution in [3.63, 3.8) is 0 Å². The quantitative estimate of drug-likeness (QED) is 0.0586. The number of carbonyl (C=O) groups is 3. The van der Waals surface area contributed by atoms with Crippen LogP contribution < -0.4 is 0 Å². The van der Waals surface area contributed by atoms with Crippen molar-refractivity contribution in [1.82, 2.24) is 0 Å². The molecule has 0 aromatic carbocycles. The van der Waals surface area contributed by atoms with Crippen molar-refractivity contribution in [3.8, 4) is 0 Å². The molecule has 0 aromatic rings. The Kier molecular flexibility index (Phi) is 22.8. The molecule has 230 valence electrons.